The Kier molecular flexibility index (Phi) is 10.2. The van der Waals surface area contributed by atoms with Crippen LogP contribution >= 0.6 is 0 Å². The minimum absolute atomic E-state index is 0.0342. The van der Waals surface area contributed by atoms with Crippen molar-refractivity contribution < 1.29 is 19.1 Å². The summed E-state index contributed by atoms with van der Waals surface area (Å²) >= 11 is 0. The van der Waals surface area contributed by atoms with E-state index in [2.05, 4.69) is 22.8 Å². The number of anilines is 1. The first-order chi connectivity index (χ1) is 15.4. The summed E-state index contributed by atoms with van der Waals surface area (Å²) in [5, 5.41) is 6.87. The molecule has 172 valence electrons. The summed E-state index contributed by atoms with van der Waals surface area (Å²) in [6.07, 6.45) is 4.77. The molecular formula is C25H33N3O4. The zero-order chi connectivity index (χ0) is 23.3. The largest absolute Gasteiger partial charge is 0.493 e. The summed E-state index contributed by atoms with van der Waals surface area (Å²) in [6, 6.07) is 11.3. The lowest BCUT2D eigenvalue weighted by molar-refractivity contribution is -0.124. The number of methoxy groups -OCH3 is 1. The van der Waals surface area contributed by atoms with E-state index in [-0.39, 0.29) is 24.7 Å². The third-order valence-corrected chi connectivity index (χ3v) is 4.86. The van der Waals surface area contributed by atoms with E-state index in [0.29, 0.717) is 23.7 Å². The van der Waals surface area contributed by atoms with Crippen LogP contribution in [0.25, 0.3) is 0 Å². The fraction of sp³-hybridized carbons (Fsp3) is 0.400. The van der Waals surface area contributed by atoms with Crippen molar-refractivity contribution in [2.24, 2.45) is 5.10 Å². The molecule has 0 saturated carbocycles. The number of benzene rings is 2. The minimum Gasteiger partial charge on any atom is -0.493 e. The lowest BCUT2D eigenvalue weighted by atomic mass is 10.1. The van der Waals surface area contributed by atoms with E-state index >= 15 is 0 Å². The monoisotopic (exact) mass is 439 g/mol. The van der Waals surface area contributed by atoms with Crippen molar-refractivity contribution in [2.45, 2.75) is 52.9 Å². The first kappa shape index (κ1) is 24.9. The van der Waals surface area contributed by atoms with Gasteiger partial charge in [0, 0.05) is 24.1 Å². The highest BCUT2D eigenvalue weighted by atomic mass is 16.5. The van der Waals surface area contributed by atoms with Gasteiger partial charge in [0.1, 0.15) is 0 Å². The predicted molar refractivity (Wildman–Crippen MR) is 128 cm³/mol. The van der Waals surface area contributed by atoms with Crippen LogP contribution in [0.5, 0.6) is 11.5 Å². The van der Waals surface area contributed by atoms with Crippen molar-refractivity contribution in [2.75, 3.05) is 19.0 Å². The highest BCUT2D eigenvalue weighted by Crippen LogP contribution is 2.30. The number of ether oxygens (including phenoxy) is 2. The van der Waals surface area contributed by atoms with Gasteiger partial charge in [-0.25, -0.2) is 5.43 Å². The third-order valence-electron chi connectivity index (χ3n) is 4.86. The zero-order valence-corrected chi connectivity index (χ0v) is 19.4. The molecule has 0 bridgehead atoms. The van der Waals surface area contributed by atoms with Gasteiger partial charge in [-0.1, -0.05) is 38.0 Å². The van der Waals surface area contributed by atoms with Crippen LogP contribution in [-0.4, -0.2) is 31.7 Å². The Bertz CT molecular complexity index is 941. The normalized spacial score (nSPS) is 10.8. The molecule has 7 nitrogen and oxygen atoms in total. The maximum atomic E-state index is 12.2. The van der Waals surface area contributed by atoms with Crippen LogP contribution in [0.4, 0.5) is 5.69 Å². The van der Waals surface area contributed by atoms with E-state index < -0.39 is 0 Å². The molecule has 0 aliphatic heterocycles. The molecule has 2 rings (SSSR count). The summed E-state index contributed by atoms with van der Waals surface area (Å²) < 4.78 is 11.3. The van der Waals surface area contributed by atoms with Crippen molar-refractivity contribution in [3.63, 3.8) is 0 Å². The SMILES string of the molecule is CCCCCOc1c(C=NNC(=O)CCC(=O)Nc2cc(C)ccc2C)cccc1OC. The van der Waals surface area contributed by atoms with Crippen molar-refractivity contribution >= 4 is 23.7 Å². The van der Waals surface area contributed by atoms with Gasteiger partial charge in [0.2, 0.25) is 11.8 Å². The third kappa shape index (κ3) is 8.06. The molecule has 0 unspecified atom stereocenters. The summed E-state index contributed by atoms with van der Waals surface area (Å²) in [5.41, 5.74) is 5.97. The molecule has 0 saturated heterocycles. The van der Waals surface area contributed by atoms with Gasteiger partial charge in [0.25, 0.3) is 0 Å². The average Bonchev–Trinajstić information content (AvgIpc) is 2.78. The molecule has 2 N–H and O–H groups in total. The number of carbonyl (C=O) groups is 2. The van der Waals surface area contributed by atoms with E-state index in [1.165, 1.54) is 6.21 Å². The molecule has 0 aliphatic rings. The average molecular weight is 440 g/mol. The van der Waals surface area contributed by atoms with Gasteiger partial charge in [-0.3, -0.25) is 9.59 Å². The lowest BCUT2D eigenvalue weighted by Gasteiger charge is -2.13. The summed E-state index contributed by atoms with van der Waals surface area (Å²) in [7, 11) is 1.58. The number of hydrogen-bond donors (Lipinski definition) is 2. The van der Waals surface area contributed by atoms with Crippen LogP contribution in [0, 0.1) is 13.8 Å². The van der Waals surface area contributed by atoms with Crippen LogP contribution < -0.4 is 20.2 Å². The number of aryl methyl sites for hydroxylation is 2. The predicted octanol–water partition coefficient (Wildman–Crippen LogP) is 4.75. The van der Waals surface area contributed by atoms with Gasteiger partial charge in [0.15, 0.2) is 11.5 Å². The van der Waals surface area contributed by atoms with E-state index in [1.807, 2.05) is 50.2 Å². The molecule has 2 aromatic carbocycles. The molecule has 0 heterocycles. The quantitative estimate of drug-likeness (QED) is 0.284. The lowest BCUT2D eigenvalue weighted by Crippen LogP contribution is -2.21. The van der Waals surface area contributed by atoms with E-state index in [4.69, 9.17) is 9.47 Å². The van der Waals surface area contributed by atoms with Gasteiger partial charge >= 0.3 is 0 Å². The Morgan fingerprint density at radius 3 is 2.59 bits per heavy atom. The molecule has 32 heavy (non-hydrogen) atoms. The Morgan fingerprint density at radius 1 is 1.06 bits per heavy atom. The maximum Gasteiger partial charge on any atom is 0.240 e. The molecule has 0 radical (unpaired) electrons. The Balaban J connectivity index is 1.87. The van der Waals surface area contributed by atoms with Gasteiger partial charge in [-0.15, -0.1) is 0 Å². The second kappa shape index (κ2) is 13.1. The van der Waals surface area contributed by atoms with Crippen LogP contribution in [0.2, 0.25) is 0 Å². The maximum absolute atomic E-state index is 12.2. The van der Waals surface area contributed by atoms with E-state index in [0.717, 1.165) is 36.1 Å². The van der Waals surface area contributed by atoms with Crippen LogP contribution in [0.1, 0.15) is 55.7 Å². The topological polar surface area (TPSA) is 89.0 Å². The fourth-order valence-electron chi connectivity index (χ4n) is 3.02. The fourth-order valence-corrected chi connectivity index (χ4v) is 3.02. The first-order valence-corrected chi connectivity index (χ1v) is 10.9. The van der Waals surface area contributed by atoms with Crippen LogP contribution in [0.3, 0.4) is 0 Å². The number of hydrogen-bond acceptors (Lipinski definition) is 5. The Labute approximate surface area is 190 Å². The Morgan fingerprint density at radius 2 is 1.84 bits per heavy atom. The standard InChI is InChI=1S/C25H33N3O4/c1-5-6-7-15-32-25-20(9-8-10-22(25)31-4)17-26-28-24(30)14-13-23(29)27-21-16-18(2)11-12-19(21)3/h8-12,16-17H,5-7,13-15H2,1-4H3,(H,27,29)(H,28,30). The van der Waals surface area contributed by atoms with Gasteiger partial charge in [-0.05, 0) is 49.6 Å². The molecule has 0 aromatic heterocycles. The summed E-state index contributed by atoms with van der Waals surface area (Å²) in [5.74, 6) is 0.649. The number of unbranched alkanes of at least 4 members (excludes halogenated alkanes) is 2. The van der Waals surface area contributed by atoms with Crippen LogP contribution in [-0.2, 0) is 9.59 Å². The number of hydrazone groups is 1. The van der Waals surface area contributed by atoms with Crippen molar-refractivity contribution in [3.05, 3.63) is 53.1 Å². The minimum atomic E-state index is -0.342. The molecule has 2 amide bonds. The smallest absolute Gasteiger partial charge is 0.240 e. The number of carbonyl (C=O) groups excluding carboxylic acids is 2. The van der Waals surface area contributed by atoms with Gasteiger partial charge in [-0.2, -0.15) is 5.10 Å². The zero-order valence-electron chi connectivity index (χ0n) is 19.4. The van der Waals surface area contributed by atoms with Crippen LogP contribution in [0.15, 0.2) is 41.5 Å². The molecule has 0 aliphatic carbocycles. The molecule has 0 atom stereocenters. The highest BCUT2D eigenvalue weighted by molar-refractivity contribution is 5.94. The number of rotatable bonds is 12. The summed E-state index contributed by atoms with van der Waals surface area (Å²) in [4.78, 5) is 24.3. The molecule has 2 aromatic rings. The molecule has 0 spiro atoms. The molecule has 7 heteroatoms. The molecular weight excluding hydrogens is 406 g/mol. The van der Waals surface area contributed by atoms with Gasteiger partial charge < -0.3 is 14.8 Å². The number of nitrogens with zero attached hydrogens (tertiary/aromatic N) is 1. The number of amides is 2. The van der Waals surface area contributed by atoms with Crippen molar-refractivity contribution in [1.29, 1.82) is 0 Å². The van der Waals surface area contributed by atoms with Crippen molar-refractivity contribution in [3.8, 4) is 11.5 Å². The molecule has 0 fully saturated rings. The number of nitrogens with one attached hydrogen (secondary N) is 2. The summed E-state index contributed by atoms with van der Waals surface area (Å²) in [6.45, 7) is 6.61. The first-order valence-electron chi connectivity index (χ1n) is 10.9. The van der Waals surface area contributed by atoms with E-state index in [9.17, 15) is 9.59 Å². The number of para-hydroxylation sites is 1. The van der Waals surface area contributed by atoms with Crippen molar-refractivity contribution in [1.82, 2.24) is 5.43 Å². The highest BCUT2D eigenvalue weighted by Gasteiger charge is 2.11. The van der Waals surface area contributed by atoms with E-state index in [1.54, 1.807) is 7.11 Å². The Hall–Kier alpha value is -3.35. The van der Waals surface area contributed by atoms with Gasteiger partial charge in [0.05, 0.1) is 19.9 Å². The second-order valence-electron chi connectivity index (χ2n) is 7.59. The second-order valence-corrected chi connectivity index (χ2v) is 7.59.